The second-order valence-corrected chi connectivity index (χ2v) is 7.04. The number of piperazine rings is 1. The zero-order valence-corrected chi connectivity index (χ0v) is 15.2. The number of likely N-dealkylation sites (tertiary alicyclic amines) is 1. The van der Waals surface area contributed by atoms with Crippen LogP contribution >= 0.6 is 11.6 Å². The SMILES string of the molecule is O=C(CN1CCN(c2cccc(Cl)c2)CC1)NCC(=O)N1CCCC1. The number of halogens is 1. The minimum atomic E-state index is -0.0799. The van der Waals surface area contributed by atoms with Gasteiger partial charge in [-0.1, -0.05) is 17.7 Å². The van der Waals surface area contributed by atoms with Crippen molar-refractivity contribution >= 4 is 29.1 Å². The molecule has 1 aromatic carbocycles. The second kappa shape index (κ2) is 8.54. The molecule has 2 aliphatic heterocycles. The highest BCUT2D eigenvalue weighted by atomic mass is 35.5. The molecular weight excluding hydrogens is 340 g/mol. The summed E-state index contributed by atoms with van der Waals surface area (Å²) < 4.78 is 0. The molecule has 0 spiro atoms. The molecule has 0 aliphatic carbocycles. The second-order valence-electron chi connectivity index (χ2n) is 6.61. The molecule has 0 radical (unpaired) electrons. The number of carbonyl (C=O) groups excluding carboxylic acids is 2. The summed E-state index contributed by atoms with van der Waals surface area (Å²) in [5.74, 6) is -0.0552. The van der Waals surface area contributed by atoms with Gasteiger partial charge in [0.2, 0.25) is 11.8 Å². The van der Waals surface area contributed by atoms with Gasteiger partial charge in [-0.3, -0.25) is 14.5 Å². The lowest BCUT2D eigenvalue weighted by atomic mass is 10.2. The predicted octanol–water partition coefficient (Wildman–Crippen LogP) is 1.20. The summed E-state index contributed by atoms with van der Waals surface area (Å²) in [6.07, 6.45) is 2.13. The first-order valence-electron chi connectivity index (χ1n) is 8.89. The summed E-state index contributed by atoms with van der Waals surface area (Å²) in [5.41, 5.74) is 1.12. The third-order valence-electron chi connectivity index (χ3n) is 4.81. The Morgan fingerprint density at radius 3 is 2.44 bits per heavy atom. The van der Waals surface area contributed by atoms with Crippen LogP contribution in [0.4, 0.5) is 5.69 Å². The first-order chi connectivity index (χ1) is 12.1. The molecule has 2 aliphatic rings. The third-order valence-corrected chi connectivity index (χ3v) is 5.04. The number of rotatable bonds is 5. The molecule has 7 heteroatoms. The van der Waals surface area contributed by atoms with Gasteiger partial charge in [-0.2, -0.15) is 0 Å². The summed E-state index contributed by atoms with van der Waals surface area (Å²) in [6, 6.07) is 7.84. The van der Waals surface area contributed by atoms with E-state index in [9.17, 15) is 9.59 Å². The Balaban J connectivity index is 1.38. The highest BCUT2D eigenvalue weighted by Crippen LogP contribution is 2.20. The topological polar surface area (TPSA) is 55.9 Å². The van der Waals surface area contributed by atoms with E-state index in [2.05, 4.69) is 21.2 Å². The first-order valence-corrected chi connectivity index (χ1v) is 9.27. The van der Waals surface area contributed by atoms with Gasteiger partial charge in [0.05, 0.1) is 13.1 Å². The molecular formula is C18H25ClN4O2. The fourth-order valence-electron chi connectivity index (χ4n) is 3.35. The quantitative estimate of drug-likeness (QED) is 0.853. The summed E-state index contributed by atoms with van der Waals surface area (Å²) in [7, 11) is 0. The average Bonchev–Trinajstić information content (AvgIpc) is 3.15. The lowest BCUT2D eigenvalue weighted by Crippen LogP contribution is -2.50. The molecule has 3 rings (SSSR count). The van der Waals surface area contributed by atoms with Crippen molar-refractivity contribution in [3.8, 4) is 0 Å². The molecule has 2 amide bonds. The molecule has 2 saturated heterocycles. The van der Waals surface area contributed by atoms with Crippen molar-refractivity contribution in [2.75, 3.05) is 57.3 Å². The minimum absolute atomic E-state index is 0.0247. The highest BCUT2D eigenvalue weighted by Gasteiger charge is 2.21. The Bertz CT molecular complexity index is 611. The molecule has 136 valence electrons. The predicted molar refractivity (Wildman–Crippen MR) is 98.9 cm³/mol. The molecule has 0 saturated carbocycles. The van der Waals surface area contributed by atoms with E-state index in [-0.39, 0.29) is 18.4 Å². The number of carbonyl (C=O) groups is 2. The number of hydrogen-bond donors (Lipinski definition) is 1. The zero-order valence-electron chi connectivity index (χ0n) is 14.4. The van der Waals surface area contributed by atoms with Crippen LogP contribution in [0.5, 0.6) is 0 Å². The van der Waals surface area contributed by atoms with Gasteiger partial charge >= 0.3 is 0 Å². The van der Waals surface area contributed by atoms with Crippen LogP contribution in [0, 0.1) is 0 Å². The van der Waals surface area contributed by atoms with Gasteiger partial charge in [-0.05, 0) is 31.0 Å². The molecule has 1 aromatic rings. The molecule has 6 nitrogen and oxygen atoms in total. The Kier molecular flexibility index (Phi) is 6.15. The number of hydrogen-bond acceptors (Lipinski definition) is 4. The molecule has 0 bridgehead atoms. The van der Waals surface area contributed by atoms with Crippen molar-refractivity contribution in [1.82, 2.24) is 15.1 Å². The van der Waals surface area contributed by atoms with Crippen LogP contribution in [0.2, 0.25) is 5.02 Å². The van der Waals surface area contributed by atoms with E-state index in [1.165, 1.54) is 0 Å². The van der Waals surface area contributed by atoms with Crippen LogP contribution in [0.25, 0.3) is 0 Å². The summed E-state index contributed by atoms with van der Waals surface area (Å²) in [5, 5.41) is 3.49. The van der Waals surface area contributed by atoms with E-state index < -0.39 is 0 Å². The lowest BCUT2D eigenvalue weighted by Gasteiger charge is -2.35. The van der Waals surface area contributed by atoms with Gasteiger partial charge < -0.3 is 15.1 Å². The van der Waals surface area contributed by atoms with Gasteiger partial charge in [-0.25, -0.2) is 0 Å². The molecule has 0 atom stereocenters. The van der Waals surface area contributed by atoms with Crippen molar-refractivity contribution in [1.29, 1.82) is 0 Å². The molecule has 25 heavy (non-hydrogen) atoms. The smallest absolute Gasteiger partial charge is 0.241 e. The van der Waals surface area contributed by atoms with E-state index in [0.29, 0.717) is 6.54 Å². The maximum atomic E-state index is 12.1. The van der Waals surface area contributed by atoms with E-state index >= 15 is 0 Å². The van der Waals surface area contributed by atoms with Crippen LogP contribution in [-0.2, 0) is 9.59 Å². The van der Waals surface area contributed by atoms with Crippen molar-refractivity contribution in [3.05, 3.63) is 29.3 Å². The van der Waals surface area contributed by atoms with Crippen LogP contribution in [0.3, 0.4) is 0 Å². The number of benzene rings is 1. The zero-order chi connectivity index (χ0) is 17.6. The van der Waals surface area contributed by atoms with E-state index in [4.69, 9.17) is 11.6 Å². The van der Waals surface area contributed by atoms with Gasteiger partial charge in [0, 0.05) is 50.0 Å². The fraction of sp³-hybridized carbons (Fsp3) is 0.556. The van der Waals surface area contributed by atoms with Crippen molar-refractivity contribution in [3.63, 3.8) is 0 Å². The third kappa shape index (κ3) is 5.09. The molecule has 0 unspecified atom stereocenters. The Morgan fingerprint density at radius 1 is 1.04 bits per heavy atom. The monoisotopic (exact) mass is 364 g/mol. The van der Waals surface area contributed by atoms with Gasteiger partial charge in [0.1, 0.15) is 0 Å². The van der Waals surface area contributed by atoms with E-state index in [1.54, 1.807) is 0 Å². The fourth-order valence-corrected chi connectivity index (χ4v) is 3.53. The van der Waals surface area contributed by atoms with Crippen molar-refractivity contribution in [2.45, 2.75) is 12.8 Å². The average molecular weight is 365 g/mol. The largest absolute Gasteiger partial charge is 0.369 e. The van der Waals surface area contributed by atoms with Gasteiger partial charge in [0.25, 0.3) is 0 Å². The maximum absolute atomic E-state index is 12.1. The lowest BCUT2D eigenvalue weighted by molar-refractivity contribution is -0.132. The molecule has 0 aromatic heterocycles. The summed E-state index contributed by atoms with van der Waals surface area (Å²) in [6.45, 7) is 5.46. The van der Waals surface area contributed by atoms with Crippen molar-refractivity contribution < 1.29 is 9.59 Å². The van der Waals surface area contributed by atoms with E-state index in [0.717, 1.165) is 62.8 Å². The number of amides is 2. The summed E-state index contributed by atoms with van der Waals surface area (Å²) >= 11 is 6.05. The van der Waals surface area contributed by atoms with Crippen molar-refractivity contribution in [2.24, 2.45) is 0 Å². The first kappa shape index (κ1) is 18.0. The highest BCUT2D eigenvalue weighted by molar-refractivity contribution is 6.30. The number of anilines is 1. The Morgan fingerprint density at radius 2 is 1.76 bits per heavy atom. The van der Waals surface area contributed by atoms with Crippen LogP contribution in [-0.4, -0.2) is 74.0 Å². The van der Waals surface area contributed by atoms with Crippen LogP contribution < -0.4 is 10.2 Å². The minimum Gasteiger partial charge on any atom is -0.369 e. The number of nitrogens with one attached hydrogen (secondary N) is 1. The van der Waals surface area contributed by atoms with Gasteiger partial charge in [0.15, 0.2) is 0 Å². The Labute approximate surface area is 153 Å². The Hall–Kier alpha value is -1.79. The van der Waals surface area contributed by atoms with E-state index in [1.807, 2.05) is 23.1 Å². The number of nitrogens with zero attached hydrogens (tertiary/aromatic N) is 3. The van der Waals surface area contributed by atoms with Crippen LogP contribution in [0.15, 0.2) is 24.3 Å². The molecule has 1 N–H and O–H groups in total. The van der Waals surface area contributed by atoms with Gasteiger partial charge in [-0.15, -0.1) is 0 Å². The maximum Gasteiger partial charge on any atom is 0.241 e. The standard InChI is InChI=1S/C18H25ClN4O2/c19-15-4-3-5-16(12-15)22-10-8-21(9-11-22)14-17(24)20-13-18(25)23-6-1-2-7-23/h3-5,12H,1-2,6-11,13-14H2,(H,20,24). The molecule has 2 heterocycles. The normalized spacial score (nSPS) is 18.4. The molecule has 2 fully saturated rings. The summed E-state index contributed by atoms with van der Waals surface area (Å²) in [4.78, 5) is 30.2. The van der Waals surface area contributed by atoms with Crippen LogP contribution in [0.1, 0.15) is 12.8 Å².